The highest BCUT2D eigenvalue weighted by molar-refractivity contribution is 5.86. The molecule has 0 unspecified atom stereocenters. The summed E-state index contributed by atoms with van der Waals surface area (Å²) in [6, 6.07) is 8.13. The quantitative estimate of drug-likeness (QED) is 0.871. The van der Waals surface area contributed by atoms with E-state index in [1.165, 1.54) is 5.56 Å². The normalized spacial score (nSPS) is 19.7. The zero-order chi connectivity index (χ0) is 13.9. The van der Waals surface area contributed by atoms with Crippen LogP contribution < -0.4 is 11.1 Å². The monoisotopic (exact) mass is 262 g/mol. The summed E-state index contributed by atoms with van der Waals surface area (Å²) in [5.41, 5.74) is 7.68. The summed E-state index contributed by atoms with van der Waals surface area (Å²) in [6.07, 6.45) is 1.17. The summed E-state index contributed by atoms with van der Waals surface area (Å²) in [7, 11) is 0. The fourth-order valence-electron chi connectivity index (χ4n) is 2.24. The Morgan fingerprint density at radius 1 is 1.32 bits per heavy atom. The molecule has 2 rings (SSSR count). The molecule has 1 aromatic rings. The SMILES string of the molecule is Cc1ccc([C@@H](C)NC(=O)C2(N)CCOCC2)cc1. The van der Waals surface area contributed by atoms with Gasteiger partial charge in [-0.2, -0.15) is 0 Å². The van der Waals surface area contributed by atoms with E-state index in [4.69, 9.17) is 10.5 Å². The van der Waals surface area contributed by atoms with Crippen LogP contribution in [0.4, 0.5) is 0 Å². The van der Waals surface area contributed by atoms with Gasteiger partial charge in [-0.25, -0.2) is 0 Å². The molecule has 1 aliphatic heterocycles. The second-order valence-electron chi connectivity index (χ2n) is 5.37. The molecule has 19 heavy (non-hydrogen) atoms. The summed E-state index contributed by atoms with van der Waals surface area (Å²) < 4.78 is 5.26. The van der Waals surface area contributed by atoms with E-state index in [2.05, 4.69) is 5.32 Å². The summed E-state index contributed by atoms with van der Waals surface area (Å²) in [4.78, 5) is 12.3. The summed E-state index contributed by atoms with van der Waals surface area (Å²) in [6.45, 7) is 5.14. The second kappa shape index (κ2) is 5.72. The number of rotatable bonds is 3. The highest BCUT2D eigenvalue weighted by atomic mass is 16.5. The van der Waals surface area contributed by atoms with Gasteiger partial charge in [0.2, 0.25) is 5.91 Å². The van der Waals surface area contributed by atoms with Crippen molar-refractivity contribution in [2.45, 2.75) is 38.3 Å². The lowest BCUT2D eigenvalue weighted by molar-refractivity contribution is -0.130. The molecule has 1 aromatic carbocycles. The van der Waals surface area contributed by atoms with Gasteiger partial charge in [0, 0.05) is 13.2 Å². The lowest BCUT2D eigenvalue weighted by Crippen LogP contribution is -2.57. The maximum Gasteiger partial charge on any atom is 0.240 e. The first kappa shape index (κ1) is 14.0. The second-order valence-corrected chi connectivity index (χ2v) is 5.37. The van der Waals surface area contributed by atoms with E-state index in [0.717, 1.165) is 5.56 Å². The van der Waals surface area contributed by atoms with Crippen molar-refractivity contribution in [2.75, 3.05) is 13.2 Å². The van der Waals surface area contributed by atoms with Gasteiger partial charge in [0.05, 0.1) is 11.6 Å². The predicted molar refractivity (Wildman–Crippen MR) is 74.7 cm³/mol. The van der Waals surface area contributed by atoms with Crippen LogP contribution in [0.2, 0.25) is 0 Å². The highest BCUT2D eigenvalue weighted by Crippen LogP contribution is 2.20. The molecule has 1 aliphatic rings. The van der Waals surface area contributed by atoms with Crippen molar-refractivity contribution < 1.29 is 9.53 Å². The van der Waals surface area contributed by atoms with Crippen LogP contribution in [0.3, 0.4) is 0 Å². The first-order valence-electron chi connectivity index (χ1n) is 6.75. The lowest BCUT2D eigenvalue weighted by atomic mass is 9.90. The molecule has 1 fully saturated rings. The Bertz CT molecular complexity index is 436. The van der Waals surface area contributed by atoms with Crippen molar-refractivity contribution in [1.29, 1.82) is 0 Å². The lowest BCUT2D eigenvalue weighted by Gasteiger charge is -2.33. The van der Waals surface area contributed by atoms with Crippen LogP contribution in [0.5, 0.6) is 0 Å². The van der Waals surface area contributed by atoms with Gasteiger partial charge in [-0.1, -0.05) is 29.8 Å². The van der Waals surface area contributed by atoms with Crippen molar-refractivity contribution in [2.24, 2.45) is 5.73 Å². The van der Waals surface area contributed by atoms with Gasteiger partial charge in [-0.15, -0.1) is 0 Å². The Morgan fingerprint density at radius 2 is 1.89 bits per heavy atom. The molecule has 4 heteroatoms. The Balaban J connectivity index is 2.00. The van der Waals surface area contributed by atoms with E-state index in [1.54, 1.807) is 0 Å². The number of nitrogens with one attached hydrogen (secondary N) is 1. The molecular formula is C15H22N2O2. The molecule has 0 radical (unpaired) electrons. The minimum absolute atomic E-state index is 0.0311. The van der Waals surface area contributed by atoms with Gasteiger partial charge < -0.3 is 15.8 Å². The Labute approximate surface area is 114 Å². The van der Waals surface area contributed by atoms with E-state index in [-0.39, 0.29) is 11.9 Å². The van der Waals surface area contributed by atoms with E-state index < -0.39 is 5.54 Å². The molecule has 1 amide bonds. The topological polar surface area (TPSA) is 64.4 Å². The largest absolute Gasteiger partial charge is 0.381 e. The highest BCUT2D eigenvalue weighted by Gasteiger charge is 2.36. The fourth-order valence-corrected chi connectivity index (χ4v) is 2.24. The Kier molecular flexibility index (Phi) is 4.22. The van der Waals surface area contributed by atoms with Gasteiger partial charge in [-0.05, 0) is 32.3 Å². The molecule has 0 spiro atoms. The van der Waals surface area contributed by atoms with Crippen LogP contribution >= 0.6 is 0 Å². The van der Waals surface area contributed by atoms with Crippen molar-refractivity contribution in [3.63, 3.8) is 0 Å². The third-order valence-corrected chi connectivity index (χ3v) is 3.76. The summed E-state index contributed by atoms with van der Waals surface area (Å²) in [5.74, 6) is -0.0797. The minimum atomic E-state index is -0.781. The standard InChI is InChI=1S/C15H22N2O2/c1-11-3-5-13(6-4-11)12(2)17-14(18)15(16)7-9-19-10-8-15/h3-6,12H,7-10,16H2,1-2H3,(H,17,18)/t12-/m1/s1. The van der Waals surface area contributed by atoms with E-state index in [9.17, 15) is 4.79 Å². The molecule has 0 saturated carbocycles. The van der Waals surface area contributed by atoms with Crippen molar-refractivity contribution in [1.82, 2.24) is 5.32 Å². The Morgan fingerprint density at radius 3 is 2.47 bits per heavy atom. The van der Waals surface area contributed by atoms with Crippen LogP contribution in [0.25, 0.3) is 0 Å². The number of carbonyl (C=O) groups excluding carboxylic acids is 1. The van der Waals surface area contributed by atoms with E-state index in [0.29, 0.717) is 26.1 Å². The molecule has 1 atom stereocenters. The molecule has 0 aliphatic carbocycles. The zero-order valence-corrected chi connectivity index (χ0v) is 11.6. The smallest absolute Gasteiger partial charge is 0.240 e. The third kappa shape index (κ3) is 3.33. The number of carbonyl (C=O) groups is 1. The van der Waals surface area contributed by atoms with Crippen molar-refractivity contribution in [3.8, 4) is 0 Å². The molecule has 4 nitrogen and oxygen atoms in total. The van der Waals surface area contributed by atoms with Gasteiger partial charge in [0.25, 0.3) is 0 Å². The average molecular weight is 262 g/mol. The number of aryl methyl sites for hydroxylation is 1. The predicted octanol–water partition coefficient (Wildman–Crippen LogP) is 1.68. The maximum atomic E-state index is 12.3. The number of nitrogens with two attached hydrogens (primary N) is 1. The first-order chi connectivity index (χ1) is 9.01. The summed E-state index contributed by atoms with van der Waals surface area (Å²) in [5, 5.41) is 3.01. The van der Waals surface area contributed by atoms with E-state index >= 15 is 0 Å². The molecular weight excluding hydrogens is 240 g/mol. The first-order valence-corrected chi connectivity index (χ1v) is 6.75. The van der Waals surface area contributed by atoms with Crippen LogP contribution in [-0.2, 0) is 9.53 Å². The molecule has 1 saturated heterocycles. The molecule has 0 aromatic heterocycles. The van der Waals surface area contributed by atoms with Crippen LogP contribution in [0, 0.1) is 6.92 Å². The zero-order valence-electron chi connectivity index (χ0n) is 11.6. The molecule has 104 valence electrons. The fraction of sp³-hybridized carbons (Fsp3) is 0.533. The van der Waals surface area contributed by atoms with Gasteiger partial charge >= 0.3 is 0 Å². The Hall–Kier alpha value is -1.39. The van der Waals surface area contributed by atoms with Crippen molar-refractivity contribution in [3.05, 3.63) is 35.4 Å². The number of hydrogen-bond acceptors (Lipinski definition) is 3. The van der Waals surface area contributed by atoms with Crippen LogP contribution in [0.15, 0.2) is 24.3 Å². The summed E-state index contributed by atoms with van der Waals surface area (Å²) >= 11 is 0. The van der Waals surface area contributed by atoms with Crippen LogP contribution in [-0.4, -0.2) is 24.7 Å². The van der Waals surface area contributed by atoms with E-state index in [1.807, 2.05) is 38.1 Å². The molecule has 1 heterocycles. The van der Waals surface area contributed by atoms with Crippen molar-refractivity contribution >= 4 is 5.91 Å². The van der Waals surface area contributed by atoms with Gasteiger partial charge in [0.1, 0.15) is 0 Å². The minimum Gasteiger partial charge on any atom is -0.381 e. The molecule has 3 N–H and O–H groups in total. The maximum absolute atomic E-state index is 12.3. The average Bonchev–Trinajstić information content (AvgIpc) is 2.40. The van der Waals surface area contributed by atoms with Crippen LogP contribution in [0.1, 0.15) is 36.9 Å². The number of hydrogen-bond donors (Lipinski definition) is 2. The third-order valence-electron chi connectivity index (χ3n) is 3.76. The number of benzene rings is 1. The number of amides is 1. The van der Waals surface area contributed by atoms with Gasteiger partial charge in [-0.3, -0.25) is 4.79 Å². The molecule has 0 bridgehead atoms. The van der Waals surface area contributed by atoms with Gasteiger partial charge in [0.15, 0.2) is 0 Å². The number of ether oxygens (including phenoxy) is 1.